The summed E-state index contributed by atoms with van der Waals surface area (Å²) in [5.41, 5.74) is 0.00171. The highest BCUT2D eigenvalue weighted by Crippen LogP contribution is 2.37. The normalized spacial score (nSPS) is 20.9. The molecule has 116 valence electrons. The van der Waals surface area contributed by atoms with E-state index in [4.69, 9.17) is 5.11 Å². The van der Waals surface area contributed by atoms with Crippen molar-refractivity contribution in [1.29, 1.82) is 0 Å². The molecule has 8 heteroatoms. The van der Waals surface area contributed by atoms with E-state index in [9.17, 15) is 13.2 Å². The van der Waals surface area contributed by atoms with Crippen LogP contribution in [0.25, 0.3) is 0 Å². The number of aromatic nitrogens is 1. The maximum atomic E-state index is 11.6. The van der Waals surface area contributed by atoms with Gasteiger partial charge in [0.1, 0.15) is 11.6 Å². The highest BCUT2D eigenvalue weighted by atomic mass is 32.2. The number of nitrogens with zero attached hydrogens (tertiary/aromatic N) is 2. The van der Waals surface area contributed by atoms with Crippen molar-refractivity contribution in [3.8, 4) is 0 Å². The Kier molecular flexibility index (Phi) is 4.08. The van der Waals surface area contributed by atoms with E-state index in [1.165, 1.54) is 19.2 Å². The molecule has 0 amide bonds. The average Bonchev–Trinajstić information content (AvgIpc) is 3.10. The lowest BCUT2D eigenvalue weighted by atomic mass is 10.2. The van der Waals surface area contributed by atoms with Crippen molar-refractivity contribution in [3.63, 3.8) is 0 Å². The quantitative estimate of drug-likeness (QED) is 0.820. The molecule has 2 N–H and O–H groups in total. The minimum Gasteiger partial charge on any atom is -0.478 e. The number of pyridine rings is 1. The van der Waals surface area contributed by atoms with Crippen molar-refractivity contribution in [2.24, 2.45) is 11.8 Å². The zero-order valence-corrected chi connectivity index (χ0v) is 13.0. The van der Waals surface area contributed by atoms with Gasteiger partial charge in [0, 0.05) is 13.6 Å². The summed E-state index contributed by atoms with van der Waals surface area (Å²) >= 11 is 0. The third kappa shape index (κ3) is 3.84. The summed E-state index contributed by atoms with van der Waals surface area (Å²) in [6.45, 7) is 2.86. The SMILES string of the molecule is C[C@H]1CC1CNc1cc(C(=O)O)cc(N(C)S(C)(=O)=O)n1. The first-order chi connectivity index (χ1) is 9.68. The molecule has 2 atom stereocenters. The number of carbonyl (C=O) groups is 1. The van der Waals surface area contributed by atoms with Gasteiger partial charge < -0.3 is 10.4 Å². The number of aromatic carboxylic acids is 1. The van der Waals surface area contributed by atoms with E-state index < -0.39 is 16.0 Å². The maximum Gasteiger partial charge on any atom is 0.335 e. The number of rotatable bonds is 6. The second kappa shape index (κ2) is 5.51. The number of anilines is 2. The standard InChI is InChI=1S/C13H19N3O4S/c1-8-4-10(8)7-14-11-5-9(13(17)18)6-12(15-11)16(2)21(3,19)20/h5-6,8,10H,4,7H2,1-3H3,(H,14,15)(H,17,18)/t8-,10?/m0/s1. The molecular weight excluding hydrogens is 294 g/mol. The van der Waals surface area contributed by atoms with Crippen molar-refractivity contribution in [1.82, 2.24) is 4.98 Å². The van der Waals surface area contributed by atoms with E-state index in [0.29, 0.717) is 24.2 Å². The fourth-order valence-electron chi connectivity index (χ4n) is 1.98. The molecule has 2 rings (SSSR count). The highest BCUT2D eigenvalue weighted by Gasteiger charge is 2.32. The third-order valence-corrected chi connectivity index (χ3v) is 4.88. The number of carboxylic acids is 1. The largest absolute Gasteiger partial charge is 0.478 e. The Bertz CT molecular complexity index is 659. The van der Waals surface area contributed by atoms with Crippen LogP contribution < -0.4 is 9.62 Å². The minimum absolute atomic E-state index is 0.00171. The molecule has 1 aromatic rings. The highest BCUT2D eigenvalue weighted by molar-refractivity contribution is 7.92. The molecule has 7 nitrogen and oxygen atoms in total. The molecule has 1 aliphatic carbocycles. The Hall–Kier alpha value is -1.83. The molecule has 1 fully saturated rings. The molecule has 0 spiro atoms. The Morgan fingerprint density at radius 3 is 2.62 bits per heavy atom. The molecule has 0 aromatic carbocycles. The number of sulfonamides is 1. The van der Waals surface area contributed by atoms with Crippen LogP contribution in [0.1, 0.15) is 23.7 Å². The lowest BCUT2D eigenvalue weighted by molar-refractivity contribution is 0.0697. The fraction of sp³-hybridized carbons (Fsp3) is 0.538. The molecule has 0 radical (unpaired) electrons. The first kappa shape index (κ1) is 15.6. The van der Waals surface area contributed by atoms with Crippen LogP contribution in [-0.4, -0.2) is 44.3 Å². The third-order valence-electron chi connectivity index (χ3n) is 3.70. The van der Waals surface area contributed by atoms with Crippen LogP contribution >= 0.6 is 0 Å². The Morgan fingerprint density at radius 2 is 2.14 bits per heavy atom. The topological polar surface area (TPSA) is 99.6 Å². The summed E-state index contributed by atoms with van der Waals surface area (Å²) in [6, 6.07) is 2.66. The van der Waals surface area contributed by atoms with Gasteiger partial charge in [0.05, 0.1) is 11.8 Å². The predicted octanol–water partition coefficient (Wildman–Crippen LogP) is 1.24. The average molecular weight is 313 g/mol. The maximum absolute atomic E-state index is 11.6. The van der Waals surface area contributed by atoms with Crippen LogP contribution in [0, 0.1) is 11.8 Å². The van der Waals surface area contributed by atoms with Gasteiger partial charge in [-0.25, -0.2) is 18.2 Å². The summed E-state index contributed by atoms with van der Waals surface area (Å²) in [5, 5.41) is 12.2. The van der Waals surface area contributed by atoms with Crippen LogP contribution in [0.4, 0.5) is 11.6 Å². The summed E-state index contributed by atoms with van der Waals surface area (Å²) in [4.78, 5) is 15.3. The molecule has 0 bridgehead atoms. The van der Waals surface area contributed by atoms with Crippen LogP contribution in [0.15, 0.2) is 12.1 Å². The van der Waals surface area contributed by atoms with Crippen LogP contribution in [-0.2, 0) is 10.0 Å². The smallest absolute Gasteiger partial charge is 0.335 e. The van der Waals surface area contributed by atoms with E-state index in [-0.39, 0.29) is 11.4 Å². The van der Waals surface area contributed by atoms with Gasteiger partial charge in [-0.1, -0.05) is 6.92 Å². The van der Waals surface area contributed by atoms with Gasteiger partial charge in [-0.2, -0.15) is 0 Å². The lowest BCUT2D eigenvalue weighted by Gasteiger charge is -2.17. The minimum atomic E-state index is -3.49. The van der Waals surface area contributed by atoms with Crippen molar-refractivity contribution in [2.45, 2.75) is 13.3 Å². The van der Waals surface area contributed by atoms with Crippen molar-refractivity contribution in [2.75, 3.05) is 29.5 Å². The van der Waals surface area contributed by atoms with E-state index in [1.807, 2.05) is 0 Å². The zero-order valence-electron chi connectivity index (χ0n) is 12.2. The molecular formula is C13H19N3O4S. The van der Waals surface area contributed by atoms with Gasteiger partial charge in [0.15, 0.2) is 0 Å². The molecule has 1 unspecified atom stereocenters. The number of hydrogen-bond donors (Lipinski definition) is 2. The second-order valence-corrected chi connectivity index (χ2v) is 7.50. The van der Waals surface area contributed by atoms with Gasteiger partial charge in [0.2, 0.25) is 10.0 Å². The second-order valence-electron chi connectivity index (χ2n) is 5.49. The first-order valence-corrected chi connectivity index (χ1v) is 8.46. The van der Waals surface area contributed by atoms with E-state index >= 15 is 0 Å². The summed E-state index contributed by atoms with van der Waals surface area (Å²) in [7, 11) is -2.15. The summed E-state index contributed by atoms with van der Waals surface area (Å²) < 4.78 is 24.1. The van der Waals surface area contributed by atoms with Gasteiger partial charge in [-0.15, -0.1) is 0 Å². The van der Waals surface area contributed by atoms with Crippen molar-refractivity contribution in [3.05, 3.63) is 17.7 Å². The van der Waals surface area contributed by atoms with Gasteiger partial charge in [0.25, 0.3) is 0 Å². The van der Waals surface area contributed by atoms with E-state index in [0.717, 1.165) is 17.0 Å². The molecule has 0 saturated heterocycles. The molecule has 1 aromatic heterocycles. The Labute approximate surface area is 124 Å². The van der Waals surface area contributed by atoms with Gasteiger partial charge in [-0.3, -0.25) is 4.31 Å². The Balaban J connectivity index is 2.27. The fourth-order valence-corrected chi connectivity index (χ4v) is 2.41. The monoisotopic (exact) mass is 313 g/mol. The van der Waals surface area contributed by atoms with Crippen LogP contribution in [0.5, 0.6) is 0 Å². The predicted molar refractivity (Wildman–Crippen MR) is 80.2 cm³/mol. The summed E-state index contributed by atoms with van der Waals surface area (Å²) in [6.07, 6.45) is 2.18. The number of carboxylic acid groups (broad SMARTS) is 1. The molecule has 21 heavy (non-hydrogen) atoms. The Morgan fingerprint density at radius 1 is 1.52 bits per heavy atom. The molecule has 0 aliphatic heterocycles. The summed E-state index contributed by atoms with van der Waals surface area (Å²) in [5.74, 6) is 0.571. The van der Waals surface area contributed by atoms with E-state index in [2.05, 4.69) is 17.2 Å². The van der Waals surface area contributed by atoms with Gasteiger partial charge in [-0.05, 0) is 30.4 Å². The molecule has 1 aliphatic rings. The lowest BCUT2D eigenvalue weighted by Crippen LogP contribution is -2.26. The van der Waals surface area contributed by atoms with Crippen LogP contribution in [0.2, 0.25) is 0 Å². The zero-order chi connectivity index (χ0) is 15.8. The number of hydrogen-bond acceptors (Lipinski definition) is 5. The van der Waals surface area contributed by atoms with Crippen LogP contribution in [0.3, 0.4) is 0 Å². The van der Waals surface area contributed by atoms with E-state index in [1.54, 1.807) is 0 Å². The van der Waals surface area contributed by atoms with Crippen molar-refractivity contribution >= 4 is 27.6 Å². The number of nitrogens with one attached hydrogen (secondary N) is 1. The van der Waals surface area contributed by atoms with Gasteiger partial charge >= 0.3 is 5.97 Å². The molecule has 1 heterocycles. The first-order valence-electron chi connectivity index (χ1n) is 6.61. The van der Waals surface area contributed by atoms with Crippen molar-refractivity contribution < 1.29 is 18.3 Å². The molecule has 1 saturated carbocycles.